The van der Waals surface area contributed by atoms with Crippen LogP contribution in [0.15, 0.2) is 39.9 Å². The Hall–Kier alpha value is -2.35. The summed E-state index contributed by atoms with van der Waals surface area (Å²) in [5.74, 6) is 1.51. The number of nitrogens with two attached hydrogens (primary N) is 1. The topological polar surface area (TPSA) is 93.6 Å². The van der Waals surface area contributed by atoms with E-state index in [0.29, 0.717) is 28.8 Å². The van der Waals surface area contributed by atoms with Gasteiger partial charge in [-0.1, -0.05) is 5.16 Å². The van der Waals surface area contributed by atoms with Crippen LogP contribution in [0.5, 0.6) is 0 Å². The monoisotopic (exact) mass is 291 g/mol. The highest BCUT2D eigenvalue weighted by atomic mass is 32.2. The van der Waals surface area contributed by atoms with E-state index in [1.54, 1.807) is 12.1 Å². The van der Waals surface area contributed by atoms with Crippen LogP contribution in [-0.2, 0) is 5.75 Å². The minimum atomic E-state index is -0.258. The summed E-state index contributed by atoms with van der Waals surface area (Å²) in [5, 5.41) is 10.3. The Bertz CT molecular complexity index is 709. The van der Waals surface area contributed by atoms with Crippen LogP contribution >= 0.6 is 11.8 Å². The molecule has 1 aromatic carbocycles. The molecule has 0 fully saturated rings. The Morgan fingerprint density at radius 2 is 2.10 bits per heavy atom. The minimum absolute atomic E-state index is 0.258. The third-order valence-electron chi connectivity index (χ3n) is 2.55. The molecule has 0 amide bonds. The maximum absolute atomic E-state index is 12.8. The molecule has 102 valence electrons. The van der Waals surface area contributed by atoms with Crippen molar-refractivity contribution in [1.82, 2.24) is 20.3 Å². The van der Waals surface area contributed by atoms with E-state index in [2.05, 4.69) is 20.3 Å². The maximum atomic E-state index is 12.8. The molecule has 6 nitrogen and oxygen atoms in total. The van der Waals surface area contributed by atoms with Gasteiger partial charge in [-0.05, 0) is 24.3 Å². The first-order chi connectivity index (χ1) is 9.72. The molecule has 2 heterocycles. The van der Waals surface area contributed by atoms with Crippen molar-refractivity contribution < 1.29 is 8.91 Å². The maximum Gasteiger partial charge on any atom is 0.263 e. The zero-order valence-electron chi connectivity index (χ0n) is 10.2. The second-order valence-corrected chi connectivity index (χ2v) is 5.00. The van der Waals surface area contributed by atoms with Crippen LogP contribution in [0, 0.1) is 5.82 Å². The van der Waals surface area contributed by atoms with Gasteiger partial charge in [-0.15, -0.1) is 11.8 Å². The number of halogens is 1. The number of nitrogens with zero attached hydrogens (tertiary/aromatic N) is 3. The lowest BCUT2D eigenvalue weighted by Gasteiger charge is -1.97. The predicted octanol–water partition coefficient (Wildman–Crippen LogP) is 2.47. The lowest BCUT2D eigenvalue weighted by Crippen LogP contribution is -1.88. The van der Waals surface area contributed by atoms with Crippen molar-refractivity contribution in [2.24, 2.45) is 0 Å². The molecule has 8 heteroatoms. The normalized spacial score (nSPS) is 10.8. The van der Waals surface area contributed by atoms with Crippen molar-refractivity contribution in [3.05, 3.63) is 42.1 Å². The molecule has 0 spiro atoms. The molecule has 0 unspecified atom stereocenters. The van der Waals surface area contributed by atoms with Gasteiger partial charge < -0.3 is 10.3 Å². The third-order valence-corrected chi connectivity index (χ3v) is 3.56. The summed E-state index contributed by atoms with van der Waals surface area (Å²) in [4.78, 5) is 5.16. The summed E-state index contributed by atoms with van der Waals surface area (Å²) in [6.45, 7) is 0. The molecule has 0 bridgehead atoms. The van der Waals surface area contributed by atoms with Gasteiger partial charge in [-0.25, -0.2) is 4.39 Å². The zero-order valence-corrected chi connectivity index (χ0v) is 11.0. The van der Waals surface area contributed by atoms with Crippen LogP contribution in [0.1, 0.15) is 5.82 Å². The lowest BCUT2D eigenvalue weighted by molar-refractivity contribution is 0.425. The summed E-state index contributed by atoms with van der Waals surface area (Å²) in [6.07, 6.45) is 1.53. The molecule has 0 saturated carbocycles. The van der Waals surface area contributed by atoms with Crippen molar-refractivity contribution in [2.75, 3.05) is 5.73 Å². The van der Waals surface area contributed by atoms with E-state index in [-0.39, 0.29) is 5.82 Å². The van der Waals surface area contributed by atoms with Gasteiger partial charge in [-0.2, -0.15) is 10.1 Å². The van der Waals surface area contributed by atoms with Crippen molar-refractivity contribution in [2.45, 2.75) is 10.6 Å². The van der Waals surface area contributed by atoms with E-state index < -0.39 is 0 Å². The van der Waals surface area contributed by atoms with Gasteiger partial charge in [0.2, 0.25) is 0 Å². The van der Waals surface area contributed by atoms with Gasteiger partial charge in [0, 0.05) is 4.90 Å². The number of rotatable bonds is 4. The number of hydrogen-bond acceptors (Lipinski definition) is 6. The molecule has 20 heavy (non-hydrogen) atoms. The van der Waals surface area contributed by atoms with Crippen LogP contribution in [0.3, 0.4) is 0 Å². The molecular weight excluding hydrogens is 281 g/mol. The number of anilines is 1. The Labute approximate surface area is 117 Å². The average Bonchev–Trinajstić information content (AvgIpc) is 3.06. The van der Waals surface area contributed by atoms with Crippen LogP contribution in [0.4, 0.5) is 10.2 Å². The van der Waals surface area contributed by atoms with Gasteiger partial charge in [-0.3, -0.25) is 5.10 Å². The van der Waals surface area contributed by atoms with Crippen LogP contribution in [0.25, 0.3) is 11.5 Å². The number of aromatic amines is 1. The zero-order chi connectivity index (χ0) is 13.9. The summed E-state index contributed by atoms with van der Waals surface area (Å²) in [5.41, 5.74) is 6.25. The molecular formula is C12H10FN5OS. The highest BCUT2D eigenvalue weighted by Gasteiger charge is 2.13. The molecule has 2 aromatic heterocycles. The van der Waals surface area contributed by atoms with Gasteiger partial charge in [0.25, 0.3) is 5.89 Å². The summed E-state index contributed by atoms with van der Waals surface area (Å²) in [6, 6.07) is 6.23. The van der Waals surface area contributed by atoms with Crippen molar-refractivity contribution in [3.8, 4) is 11.5 Å². The average molecular weight is 291 g/mol. The Kier molecular flexibility index (Phi) is 3.38. The van der Waals surface area contributed by atoms with Crippen molar-refractivity contribution >= 4 is 17.6 Å². The van der Waals surface area contributed by atoms with E-state index in [9.17, 15) is 4.39 Å². The first kappa shape index (κ1) is 12.7. The number of nitrogen functional groups attached to an aromatic ring is 1. The van der Waals surface area contributed by atoms with Gasteiger partial charge in [0.05, 0.1) is 11.9 Å². The van der Waals surface area contributed by atoms with E-state index in [0.717, 1.165) is 4.90 Å². The quantitative estimate of drug-likeness (QED) is 0.717. The fraction of sp³-hybridized carbons (Fsp3) is 0.0833. The molecule has 0 radical (unpaired) electrons. The first-order valence-electron chi connectivity index (χ1n) is 5.72. The standard InChI is InChI=1S/C12H10FN5OS/c13-7-1-3-8(4-2-7)20-6-10-16-12(19-18-10)9-5-15-17-11(9)14/h1-5H,6H2,(H3,14,15,17). The Balaban J connectivity index is 1.69. The number of hydrogen-bond donors (Lipinski definition) is 2. The Morgan fingerprint density at radius 1 is 1.30 bits per heavy atom. The molecule has 3 aromatic rings. The Morgan fingerprint density at radius 3 is 2.80 bits per heavy atom. The second kappa shape index (κ2) is 5.33. The number of aromatic nitrogens is 4. The molecule has 3 rings (SSSR count). The van der Waals surface area contributed by atoms with E-state index >= 15 is 0 Å². The molecule has 0 saturated heterocycles. The van der Waals surface area contributed by atoms with Crippen LogP contribution < -0.4 is 5.73 Å². The molecule has 0 aliphatic heterocycles. The molecule has 0 atom stereocenters. The van der Waals surface area contributed by atoms with E-state index in [1.165, 1.54) is 30.1 Å². The number of H-pyrrole nitrogens is 1. The SMILES string of the molecule is Nc1[nH]ncc1-c1nc(CSc2ccc(F)cc2)no1. The van der Waals surface area contributed by atoms with Crippen LogP contribution in [0.2, 0.25) is 0 Å². The summed E-state index contributed by atoms with van der Waals surface area (Å²) < 4.78 is 17.9. The summed E-state index contributed by atoms with van der Waals surface area (Å²) >= 11 is 1.49. The number of nitrogens with one attached hydrogen (secondary N) is 1. The fourth-order valence-corrected chi connectivity index (χ4v) is 2.31. The fourth-order valence-electron chi connectivity index (χ4n) is 1.57. The van der Waals surface area contributed by atoms with Crippen LogP contribution in [-0.4, -0.2) is 20.3 Å². The molecule has 3 N–H and O–H groups in total. The van der Waals surface area contributed by atoms with Gasteiger partial charge >= 0.3 is 0 Å². The van der Waals surface area contributed by atoms with Gasteiger partial charge in [0.15, 0.2) is 5.82 Å². The van der Waals surface area contributed by atoms with Crippen molar-refractivity contribution in [1.29, 1.82) is 0 Å². The van der Waals surface area contributed by atoms with E-state index in [1.807, 2.05) is 0 Å². The number of benzene rings is 1. The lowest BCUT2D eigenvalue weighted by atomic mass is 10.3. The summed E-state index contributed by atoms with van der Waals surface area (Å²) in [7, 11) is 0. The molecule has 0 aliphatic carbocycles. The highest BCUT2D eigenvalue weighted by Crippen LogP contribution is 2.25. The highest BCUT2D eigenvalue weighted by molar-refractivity contribution is 7.98. The second-order valence-electron chi connectivity index (χ2n) is 3.96. The third kappa shape index (κ3) is 2.64. The minimum Gasteiger partial charge on any atom is -0.383 e. The smallest absolute Gasteiger partial charge is 0.263 e. The van der Waals surface area contributed by atoms with Gasteiger partial charge in [0.1, 0.15) is 17.2 Å². The van der Waals surface area contributed by atoms with Crippen molar-refractivity contribution in [3.63, 3.8) is 0 Å². The first-order valence-corrected chi connectivity index (χ1v) is 6.71. The largest absolute Gasteiger partial charge is 0.383 e. The van der Waals surface area contributed by atoms with E-state index in [4.69, 9.17) is 10.3 Å². The predicted molar refractivity (Wildman–Crippen MR) is 72.3 cm³/mol. The molecule has 0 aliphatic rings. The number of thioether (sulfide) groups is 1.